The number of rotatable bonds is 3. The zero-order valence-corrected chi connectivity index (χ0v) is 9.77. The number of tetrazole rings is 1. The van der Waals surface area contributed by atoms with E-state index in [2.05, 4.69) is 20.7 Å². The number of nitro groups is 1. The van der Waals surface area contributed by atoms with Crippen LogP contribution in [0.4, 0.5) is 17.3 Å². The van der Waals surface area contributed by atoms with Crippen LogP contribution < -0.4 is 11.1 Å². The topological polar surface area (TPSA) is 142 Å². The standard InChI is InChI=1S/C9H9N7O3/c1-15-13-9(12-14-15)11-8(17)5-2-3-7(16(18)19)6(10)4-5/h2-4H,10H2,1H3,(H,11,13,17). The fourth-order valence-electron chi connectivity index (χ4n) is 1.37. The molecule has 0 aliphatic rings. The lowest BCUT2D eigenvalue weighted by atomic mass is 10.1. The molecule has 1 heterocycles. The van der Waals surface area contributed by atoms with E-state index in [0.717, 1.165) is 6.07 Å². The Bertz CT molecular complexity index is 651. The zero-order valence-electron chi connectivity index (χ0n) is 9.77. The molecule has 0 aliphatic carbocycles. The summed E-state index contributed by atoms with van der Waals surface area (Å²) in [4.78, 5) is 23.0. The first-order valence-electron chi connectivity index (χ1n) is 5.06. The van der Waals surface area contributed by atoms with Gasteiger partial charge in [0.1, 0.15) is 5.69 Å². The lowest BCUT2D eigenvalue weighted by molar-refractivity contribution is -0.383. The number of nitrogens with two attached hydrogens (primary N) is 1. The first kappa shape index (κ1) is 12.4. The van der Waals surface area contributed by atoms with Crippen LogP contribution in [0.5, 0.6) is 0 Å². The van der Waals surface area contributed by atoms with Crippen LogP contribution >= 0.6 is 0 Å². The molecule has 0 aliphatic heterocycles. The van der Waals surface area contributed by atoms with Gasteiger partial charge in [-0.25, -0.2) is 0 Å². The molecular weight excluding hydrogens is 254 g/mol. The number of hydrogen-bond donors (Lipinski definition) is 2. The third-order valence-electron chi connectivity index (χ3n) is 2.22. The smallest absolute Gasteiger partial charge is 0.292 e. The van der Waals surface area contributed by atoms with Crippen LogP contribution in [0.25, 0.3) is 0 Å². The second kappa shape index (κ2) is 4.68. The molecule has 2 rings (SSSR count). The van der Waals surface area contributed by atoms with Crippen molar-refractivity contribution >= 4 is 23.2 Å². The lowest BCUT2D eigenvalue weighted by Crippen LogP contribution is -2.13. The molecule has 0 spiro atoms. The van der Waals surface area contributed by atoms with Crippen molar-refractivity contribution < 1.29 is 9.72 Å². The fourth-order valence-corrected chi connectivity index (χ4v) is 1.37. The van der Waals surface area contributed by atoms with Crippen LogP contribution in [0.15, 0.2) is 18.2 Å². The number of aryl methyl sites for hydroxylation is 1. The summed E-state index contributed by atoms with van der Waals surface area (Å²) in [7, 11) is 1.55. The molecule has 0 unspecified atom stereocenters. The molecule has 0 fully saturated rings. The Balaban J connectivity index is 2.20. The van der Waals surface area contributed by atoms with Gasteiger partial charge in [0.2, 0.25) is 0 Å². The van der Waals surface area contributed by atoms with Gasteiger partial charge in [-0.1, -0.05) is 5.10 Å². The highest BCUT2D eigenvalue weighted by atomic mass is 16.6. The van der Waals surface area contributed by atoms with Crippen molar-refractivity contribution in [3.63, 3.8) is 0 Å². The van der Waals surface area contributed by atoms with Crippen LogP contribution in [0.2, 0.25) is 0 Å². The average molecular weight is 263 g/mol. The number of nitro benzene ring substituents is 1. The number of hydrogen-bond acceptors (Lipinski definition) is 7. The molecular formula is C9H9N7O3. The summed E-state index contributed by atoms with van der Waals surface area (Å²) in [6.45, 7) is 0. The minimum Gasteiger partial charge on any atom is -0.393 e. The Morgan fingerprint density at radius 3 is 2.79 bits per heavy atom. The van der Waals surface area contributed by atoms with Crippen LogP contribution in [0.3, 0.4) is 0 Å². The SMILES string of the molecule is Cn1nnc(NC(=O)c2ccc([N+](=O)[O-])c(N)c2)n1. The Morgan fingerprint density at radius 1 is 1.53 bits per heavy atom. The first-order chi connectivity index (χ1) is 8.97. The van der Waals surface area contributed by atoms with Gasteiger partial charge in [0.25, 0.3) is 17.5 Å². The summed E-state index contributed by atoms with van der Waals surface area (Å²) in [6, 6.07) is 3.67. The molecule has 10 nitrogen and oxygen atoms in total. The van der Waals surface area contributed by atoms with Crippen LogP contribution in [-0.2, 0) is 7.05 Å². The minimum atomic E-state index is -0.624. The van der Waals surface area contributed by atoms with Gasteiger partial charge >= 0.3 is 0 Å². The molecule has 98 valence electrons. The number of nitrogens with zero attached hydrogens (tertiary/aromatic N) is 5. The maximum absolute atomic E-state index is 11.8. The van der Waals surface area contributed by atoms with Gasteiger partial charge in [-0.15, -0.1) is 5.10 Å². The zero-order chi connectivity index (χ0) is 14.0. The molecule has 0 radical (unpaired) electrons. The van der Waals surface area contributed by atoms with Crippen LogP contribution in [0.1, 0.15) is 10.4 Å². The van der Waals surface area contributed by atoms with Gasteiger partial charge in [0.05, 0.1) is 12.0 Å². The second-order valence-corrected chi connectivity index (χ2v) is 3.59. The van der Waals surface area contributed by atoms with E-state index >= 15 is 0 Å². The van der Waals surface area contributed by atoms with Crippen molar-refractivity contribution in [2.75, 3.05) is 11.1 Å². The van der Waals surface area contributed by atoms with E-state index in [1.165, 1.54) is 16.9 Å². The Kier molecular flexibility index (Phi) is 3.06. The number of nitrogen functional groups attached to an aromatic ring is 1. The van der Waals surface area contributed by atoms with Gasteiger partial charge in [0, 0.05) is 11.6 Å². The molecule has 1 aromatic carbocycles. The molecule has 0 saturated heterocycles. The normalized spacial score (nSPS) is 10.2. The molecule has 19 heavy (non-hydrogen) atoms. The molecule has 2 aromatic rings. The molecule has 0 saturated carbocycles. The van der Waals surface area contributed by atoms with E-state index in [1.807, 2.05) is 0 Å². The monoisotopic (exact) mass is 263 g/mol. The predicted octanol–water partition coefficient (Wildman–Crippen LogP) is -0.0472. The van der Waals surface area contributed by atoms with Crippen molar-refractivity contribution in [1.29, 1.82) is 0 Å². The van der Waals surface area contributed by atoms with Crippen molar-refractivity contribution in [3.8, 4) is 0 Å². The van der Waals surface area contributed by atoms with Crippen molar-refractivity contribution in [2.24, 2.45) is 7.05 Å². The number of amides is 1. The highest BCUT2D eigenvalue weighted by molar-refractivity contribution is 6.04. The number of carbonyl (C=O) groups is 1. The number of aromatic nitrogens is 4. The highest BCUT2D eigenvalue weighted by Gasteiger charge is 2.15. The summed E-state index contributed by atoms with van der Waals surface area (Å²) in [5.41, 5.74) is 5.30. The number of nitrogens with one attached hydrogen (secondary N) is 1. The maximum Gasteiger partial charge on any atom is 0.292 e. The summed E-state index contributed by atoms with van der Waals surface area (Å²) in [6.07, 6.45) is 0. The van der Waals surface area contributed by atoms with Gasteiger partial charge in [0.15, 0.2) is 0 Å². The van der Waals surface area contributed by atoms with Gasteiger partial charge < -0.3 is 5.73 Å². The van der Waals surface area contributed by atoms with E-state index < -0.39 is 10.8 Å². The number of benzene rings is 1. The largest absolute Gasteiger partial charge is 0.393 e. The summed E-state index contributed by atoms with van der Waals surface area (Å²) < 4.78 is 0. The van der Waals surface area contributed by atoms with E-state index in [0.29, 0.717) is 0 Å². The van der Waals surface area contributed by atoms with Crippen LogP contribution in [-0.4, -0.2) is 31.0 Å². The first-order valence-corrected chi connectivity index (χ1v) is 5.06. The van der Waals surface area contributed by atoms with E-state index in [1.54, 1.807) is 7.05 Å². The van der Waals surface area contributed by atoms with E-state index in [-0.39, 0.29) is 22.9 Å². The summed E-state index contributed by atoms with van der Waals surface area (Å²) in [5.74, 6) is -0.501. The molecule has 1 aromatic heterocycles. The molecule has 0 bridgehead atoms. The maximum atomic E-state index is 11.8. The second-order valence-electron chi connectivity index (χ2n) is 3.59. The van der Waals surface area contributed by atoms with Gasteiger partial charge in [-0.3, -0.25) is 20.2 Å². The third kappa shape index (κ3) is 2.62. The molecule has 1 amide bonds. The Morgan fingerprint density at radius 2 is 2.26 bits per heavy atom. The molecule has 3 N–H and O–H groups in total. The fraction of sp³-hybridized carbons (Fsp3) is 0.111. The number of anilines is 2. The average Bonchev–Trinajstić information content (AvgIpc) is 2.74. The number of carbonyl (C=O) groups excluding carboxylic acids is 1. The van der Waals surface area contributed by atoms with E-state index in [4.69, 9.17) is 5.73 Å². The Hall–Kier alpha value is -3.04. The van der Waals surface area contributed by atoms with E-state index in [9.17, 15) is 14.9 Å². The van der Waals surface area contributed by atoms with Crippen molar-refractivity contribution in [2.45, 2.75) is 0 Å². The van der Waals surface area contributed by atoms with Gasteiger partial charge in [-0.2, -0.15) is 4.80 Å². The highest BCUT2D eigenvalue weighted by Crippen LogP contribution is 2.22. The van der Waals surface area contributed by atoms with Crippen molar-refractivity contribution in [3.05, 3.63) is 33.9 Å². The predicted molar refractivity (Wildman–Crippen MR) is 64.3 cm³/mol. The minimum absolute atomic E-state index is 0.0319. The van der Waals surface area contributed by atoms with Crippen LogP contribution in [0, 0.1) is 10.1 Å². The quantitative estimate of drug-likeness (QED) is 0.449. The summed E-state index contributed by atoms with van der Waals surface area (Å²) in [5, 5.41) is 23.9. The Labute approximate surface area is 106 Å². The van der Waals surface area contributed by atoms with Crippen molar-refractivity contribution in [1.82, 2.24) is 20.2 Å². The lowest BCUT2D eigenvalue weighted by Gasteiger charge is -2.02. The third-order valence-corrected chi connectivity index (χ3v) is 2.22. The van der Waals surface area contributed by atoms with Gasteiger partial charge in [-0.05, 0) is 17.3 Å². The molecule has 0 atom stereocenters. The molecule has 10 heteroatoms. The summed E-state index contributed by atoms with van der Waals surface area (Å²) >= 11 is 0.